The highest BCUT2D eigenvalue weighted by atomic mass is 79.9. The second-order valence-electron chi connectivity index (χ2n) is 6.05. The summed E-state index contributed by atoms with van der Waals surface area (Å²) >= 11 is 3.30. The molecule has 0 bridgehead atoms. The number of nitrogens with zero attached hydrogens (tertiary/aromatic N) is 1. The van der Waals surface area contributed by atoms with Crippen molar-refractivity contribution >= 4 is 31.9 Å². The van der Waals surface area contributed by atoms with E-state index >= 15 is 0 Å². The van der Waals surface area contributed by atoms with Crippen LogP contribution in [-0.2, 0) is 14.8 Å². The number of carbonyl (C=O) groups is 1. The molecule has 1 aromatic carbocycles. The van der Waals surface area contributed by atoms with Crippen molar-refractivity contribution in [3.63, 3.8) is 0 Å². The fourth-order valence-electron chi connectivity index (χ4n) is 3.74. The molecule has 7 heteroatoms. The summed E-state index contributed by atoms with van der Waals surface area (Å²) in [5.41, 5.74) is 5.49. The van der Waals surface area contributed by atoms with Crippen molar-refractivity contribution in [2.45, 2.75) is 49.1 Å². The molecule has 2 N–H and O–H groups in total. The van der Waals surface area contributed by atoms with E-state index in [9.17, 15) is 13.2 Å². The third-order valence-electron chi connectivity index (χ3n) is 4.75. The topological polar surface area (TPSA) is 80.5 Å². The predicted molar refractivity (Wildman–Crippen MR) is 86.5 cm³/mol. The third kappa shape index (κ3) is 2.70. The van der Waals surface area contributed by atoms with Gasteiger partial charge in [-0.15, -0.1) is 0 Å². The first-order valence-corrected chi connectivity index (χ1v) is 9.73. The number of fused-ring (bicyclic) bond motifs is 1. The number of nitrogens with two attached hydrogens (primary N) is 1. The Morgan fingerprint density at radius 1 is 1.18 bits per heavy atom. The highest BCUT2D eigenvalue weighted by molar-refractivity contribution is 9.10. The van der Waals surface area contributed by atoms with E-state index < -0.39 is 22.0 Å². The van der Waals surface area contributed by atoms with Gasteiger partial charge >= 0.3 is 0 Å². The normalized spacial score (nSPS) is 29.2. The summed E-state index contributed by atoms with van der Waals surface area (Å²) in [6.07, 6.45) is 4.43. The molecule has 1 aromatic rings. The Morgan fingerprint density at radius 2 is 1.82 bits per heavy atom. The molecule has 1 amide bonds. The van der Waals surface area contributed by atoms with Gasteiger partial charge in [0.25, 0.3) is 0 Å². The van der Waals surface area contributed by atoms with Crippen molar-refractivity contribution < 1.29 is 13.2 Å². The van der Waals surface area contributed by atoms with Crippen LogP contribution in [0.4, 0.5) is 0 Å². The maximum absolute atomic E-state index is 13.0. The van der Waals surface area contributed by atoms with Crippen LogP contribution >= 0.6 is 15.9 Å². The number of hydrogen-bond acceptors (Lipinski definition) is 3. The van der Waals surface area contributed by atoms with Crippen LogP contribution in [0.2, 0.25) is 0 Å². The Balaban J connectivity index is 2.01. The number of rotatable bonds is 3. The van der Waals surface area contributed by atoms with E-state index in [1.807, 2.05) is 0 Å². The number of carbonyl (C=O) groups excluding carboxylic acids is 1. The van der Waals surface area contributed by atoms with Gasteiger partial charge in [0.05, 0.1) is 4.90 Å². The number of amides is 1. The van der Waals surface area contributed by atoms with E-state index in [-0.39, 0.29) is 16.9 Å². The summed E-state index contributed by atoms with van der Waals surface area (Å²) in [5.74, 6) is -0.299. The number of sulfonamides is 1. The minimum Gasteiger partial charge on any atom is -0.368 e. The standard InChI is InChI=1S/C15H19BrN2O3S/c16-11-5-7-12(8-6-11)22(20,21)18-13-4-2-1-3-10(13)9-14(18)15(17)19/h5-8,10,13-14H,1-4,9H2,(H2,17,19). The van der Waals surface area contributed by atoms with Gasteiger partial charge in [-0.2, -0.15) is 4.31 Å². The number of hydrogen-bond donors (Lipinski definition) is 1. The van der Waals surface area contributed by atoms with Gasteiger partial charge in [-0.3, -0.25) is 4.79 Å². The lowest BCUT2D eigenvalue weighted by atomic mass is 9.85. The zero-order chi connectivity index (χ0) is 15.9. The van der Waals surface area contributed by atoms with E-state index in [0.717, 1.165) is 30.2 Å². The van der Waals surface area contributed by atoms with Crippen LogP contribution in [-0.4, -0.2) is 30.7 Å². The average Bonchev–Trinajstić information content (AvgIpc) is 2.88. The Hall–Kier alpha value is -0.920. The largest absolute Gasteiger partial charge is 0.368 e. The molecule has 1 heterocycles. The predicted octanol–water partition coefficient (Wildman–Crippen LogP) is 2.26. The van der Waals surface area contributed by atoms with Gasteiger partial charge in [-0.05, 0) is 49.4 Å². The van der Waals surface area contributed by atoms with Crippen molar-refractivity contribution in [3.8, 4) is 0 Å². The molecule has 5 nitrogen and oxygen atoms in total. The van der Waals surface area contributed by atoms with Crippen molar-refractivity contribution in [2.75, 3.05) is 0 Å². The lowest BCUT2D eigenvalue weighted by Crippen LogP contribution is -2.48. The lowest BCUT2D eigenvalue weighted by molar-refractivity contribution is -0.121. The fraction of sp³-hybridized carbons (Fsp3) is 0.533. The third-order valence-corrected chi connectivity index (χ3v) is 7.22. The monoisotopic (exact) mass is 386 g/mol. The molecule has 1 aliphatic heterocycles. The van der Waals surface area contributed by atoms with Gasteiger partial charge in [-0.25, -0.2) is 8.42 Å². The molecule has 3 unspecified atom stereocenters. The molecule has 3 atom stereocenters. The van der Waals surface area contributed by atoms with E-state index in [2.05, 4.69) is 15.9 Å². The maximum Gasteiger partial charge on any atom is 0.244 e. The average molecular weight is 387 g/mol. The Kier molecular flexibility index (Phi) is 4.31. The molecular formula is C15H19BrN2O3S. The van der Waals surface area contributed by atoms with Crippen molar-refractivity contribution in [1.82, 2.24) is 4.31 Å². The Morgan fingerprint density at radius 3 is 2.45 bits per heavy atom. The maximum atomic E-state index is 13.0. The Labute approximate surface area is 139 Å². The summed E-state index contributed by atoms with van der Waals surface area (Å²) < 4.78 is 28.2. The molecule has 0 radical (unpaired) electrons. The zero-order valence-electron chi connectivity index (χ0n) is 12.1. The number of halogens is 1. The fourth-order valence-corrected chi connectivity index (χ4v) is 5.88. The van der Waals surface area contributed by atoms with E-state index in [1.165, 1.54) is 4.31 Å². The van der Waals surface area contributed by atoms with Crippen LogP contribution < -0.4 is 5.73 Å². The molecule has 1 aliphatic carbocycles. The van der Waals surface area contributed by atoms with Gasteiger partial charge in [-0.1, -0.05) is 28.8 Å². The number of benzene rings is 1. The molecular weight excluding hydrogens is 368 g/mol. The highest BCUT2D eigenvalue weighted by Crippen LogP contribution is 2.42. The van der Waals surface area contributed by atoms with E-state index in [0.29, 0.717) is 6.42 Å². The van der Waals surface area contributed by atoms with Crippen molar-refractivity contribution in [2.24, 2.45) is 11.7 Å². The Bertz CT molecular complexity index is 675. The second kappa shape index (κ2) is 5.94. The van der Waals surface area contributed by atoms with Crippen LogP contribution in [0, 0.1) is 5.92 Å². The molecule has 120 valence electrons. The van der Waals surface area contributed by atoms with Gasteiger partial charge in [0.1, 0.15) is 6.04 Å². The number of primary amides is 1. The smallest absolute Gasteiger partial charge is 0.244 e. The molecule has 22 heavy (non-hydrogen) atoms. The van der Waals surface area contributed by atoms with Gasteiger partial charge in [0.2, 0.25) is 15.9 Å². The van der Waals surface area contributed by atoms with E-state index in [1.54, 1.807) is 24.3 Å². The SMILES string of the molecule is NC(=O)C1CC2CCCCC2N1S(=O)(=O)c1ccc(Br)cc1. The van der Waals surface area contributed by atoms with Crippen LogP contribution in [0.3, 0.4) is 0 Å². The summed E-state index contributed by atoms with van der Waals surface area (Å²) in [6.45, 7) is 0. The highest BCUT2D eigenvalue weighted by Gasteiger charge is 2.50. The molecule has 1 saturated heterocycles. The summed E-state index contributed by atoms with van der Waals surface area (Å²) in [7, 11) is -3.71. The van der Waals surface area contributed by atoms with Crippen LogP contribution in [0.25, 0.3) is 0 Å². The van der Waals surface area contributed by atoms with Crippen molar-refractivity contribution in [3.05, 3.63) is 28.7 Å². The molecule has 0 aromatic heterocycles. The summed E-state index contributed by atoms with van der Waals surface area (Å²) in [4.78, 5) is 12.0. The van der Waals surface area contributed by atoms with Crippen LogP contribution in [0.15, 0.2) is 33.6 Å². The quantitative estimate of drug-likeness (QED) is 0.864. The van der Waals surface area contributed by atoms with Crippen LogP contribution in [0.5, 0.6) is 0 Å². The molecule has 3 rings (SSSR count). The van der Waals surface area contributed by atoms with Crippen LogP contribution in [0.1, 0.15) is 32.1 Å². The minimum atomic E-state index is -3.71. The molecule has 2 aliphatic rings. The zero-order valence-corrected chi connectivity index (χ0v) is 14.5. The van der Waals surface area contributed by atoms with E-state index in [4.69, 9.17) is 5.73 Å². The molecule has 2 fully saturated rings. The first-order valence-electron chi connectivity index (χ1n) is 7.49. The molecule has 0 spiro atoms. The minimum absolute atomic E-state index is 0.0973. The van der Waals surface area contributed by atoms with Crippen molar-refractivity contribution in [1.29, 1.82) is 0 Å². The first-order chi connectivity index (χ1) is 10.4. The lowest BCUT2D eigenvalue weighted by Gasteiger charge is -2.32. The molecule has 1 saturated carbocycles. The van der Waals surface area contributed by atoms with Gasteiger partial charge in [0, 0.05) is 10.5 Å². The van der Waals surface area contributed by atoms with Gasteiger partial charge in [0.15, 0.2) is 0 Å². The second-order valence-corrected chi connectivity index (χ2v) is 8.81. The van der Waals surface area contributed by atoms with Gasteiger partial charge < -0.3 is 5.73 Å². The summed E-state index contributed by atoms with van der Waals surface area (Å²) in [5, 5.41) is 0. The first kappa shape index (κ1) is 16.0. The summed E-state index contributed by atoms with van der Waals surface area (Å²) in [6, 6.07) is 5.70.